The SMILES string of the molecule is C#C[C@H](O)[C@H](O)[C@H](CCCCCCC)OC. The van der Waals surface area contributed by atoms with Crippen LogP contribution in [-0.4, -0.2) is 35.6 Å². The maximum atomic E-state index is 9.66. The van der Waals surface area contributed by atoms with Crippen LogP contribution in [0.5, 0.6) is 0 Å². The molecule has 3 heteroatoms. The van der Waals surface area contributed by atoms with Crippen LogP contribution in [0.2, 0.25) is 0 Å². The minimum absolute atomic E-state index is 0.368. The first kappa shape index (κ1) is 15.4. The molecule has 0 unspecified atom stereocenters. The Balaban J connectivity index is 3.79. The minimum atomic E-state index is -1.14. The highest BCUT2D eigenvalue weighted by atomic mass is 16.5. The van der Waals surface area contributed by atoms with Crippen LogP contribution >= 0.6 is 0 Å². The van der Waals surface area contributed by atoms with Crippen LogP contribution < -0.4 is 0 Å². The van der Waals surface area contributed by atoms with Crippen molar-refractivity contribution < 1.29 is 14.9 Å². The Kier molecular flexibility index (Phi) is 9.31. The smallest absolute Gasteiger partial charge is 0.142 e. The summed E-state index contributed by atoms with van der Waals surface area (Å²) in [6.45, 7) is 2.17. The van der Waals surface area contributed by atoms with Gasteiger partial charge in [-0.05, 0) is 6.42 Å². The second-order valence-electron chi connectivity index (χ2n) is 4.08. The van der Waals surface area contributed by atoms with Crippen molar-refractivity contribution in [1.29, 1.82) is 0 Å². The summed E-state index contributed by atoms with van der Waals surface area (Å²) in [5, 5.41) is 19.0. The van der Waals surface area contributed by atoms with E-state index < -0.39 is 12.2 Å². The van der Waals surface area contributed by atoms with Crippen molar-refractivity contribution in [3.63, 3.8) is 0 Å². The second-order valence-corrected chi connectivity index (χ2v) is 4.08. The molecular formula is C13H24O3. The number of aliphatic hydroxyl groups is 2. The van der Waals surface area contributed by atoms with Crippen LogP contribution in [0.4, 0.5) is 0 Å². The van der Waals surface area contributed by atoms with Crippen LogP contribution in [0.3, 0.4) is 0 Å². The molecule has 0 saturated carbocycles. The van der Waals surface area contributed by atoms with E-state index in [1.54, 1.807) is 0 Å². The average Bonchev–Trinajstić information content (AvgIpc) is 2.32. The fourth-order valence-electron chi connectivity index (χ4n) is 1.68. The molecule has 0 aromatic rings. The van der Waals surface area contributed by atoms with Crippen LogP contribution in [0.25, 0.3) is 0 Å². The lowest BCUT2D eigenvalue weighted by Gasteiger charge is -2.23. The number of aliphatic hydroxyl groups excluding tert-OH is 2. The molecule has 16 heavy (non-hydrogen) atoms. The molecule has 0 bridgehead atoms. The van der Waals surface area contributed by atoms with Gasteiger partial charge in [-0.25, -0.2) is 0 Å². The molecule has 0 aliphatic heterocycles. The fourth-order valence-corrected chi connectivity index (χ4v) is 1.68. The number of rotatable bonds is 9. The third-order valence-electron chi connectivity index (χ3n) is 2.77. The molecular weight excluding hydrogens is 204 g/mol. The van der Waals surface area contributed by atoms with E-state index in [0.29, 0.717) is 0 Å². The molecule has 0 saturated heterocycles. The van der Waals surface area contributed by atoms with Gasteiger partial charge in [0.15, 0.2) is 0 Å². The van der Waals surface area contributed by atoms with Crippen LogP contribution in [-0.2, 0) is 4.74 Å². The number of methoxy groups -OCH3 is 1. The van der Waals surface area contributed by atoms with Gasteiger partial charge in [-0.3, -0.25) is 0 Å². The van der Waals surface area contributed by atoms with E-state index in [9.17, 15) is 10.2 Å². The summed E-state index contributed by atoms with van der Waals surface area (Å²) in [6.07, 6.45) is 9.08. The van der Waals surface area contributed by atoms with Crippen molar-refractivity contribution in [3.8, 4) is 12.3 Å². The Morgan fingerprint density at radius 3 is 2.31 bits per heavy atom. The van der Waals surface area contributed by atoms with Gasteiger partial charge >= 0.3 is 0 Å². The third-order valence-corrected chi connectivity index (χ3v) is 2.77. The normalized spacial score (nSPS) is 16.4. The molecule has 0 radical (unpaired) electrons. The van der Waals surface area contributed by atoms with Gasteiger partial charge in [-0.2, -0.15) is 0 Å². The van der Waals surface area contributed by atoms with E-state index in [0.717, 1.165) is 19.3 Å². The lowest BCUT2D eigenvalue weighted by Crippen LogP contribution is -2.37. The molecule has 0 amide bonds. The molecule has 0 aromatic carbocycles. The highest BCUT2D eigenvalue weighted by molar-refractivity contribution is 4.99. The van der Waals surface area contributed by atoms with E-state index in [1.165, 1.54) is 26.4 Å². The number of terminal acetylenes is 1. The number of hydrogen-bond acceptors (Lipinski definition) is 3. The largest absolute Gasteiger partial charge is 0.387 e. The molecule has 3 nitrogen and oxygen atoms in total. The third kappa shape index (κ3) is 6.12. The highest BCUT2D eigenvalue weighted by Gasteiger charge is 2.24. The summed E-state index contributed by atoms with van der Waals surface area (Å²) in [7, 11) is 1.53. The Labute approximate surface area is 98.8 Å². The Morgan fingerprint density at radius 1 is 1.19 bits per heavy atom. The molecule has 0 aromatic heterocycles. The van der Waals surface area contributed by atoms with Gasteiger partial charge in [-0.15, -0.1) is 6.42 Å². The summed E-state index contributed by atoms with van der Waals surface area (Å²) < 4.78 is 5.14. The van der Waals surface area contributed by atoms with Gasteiger partial charge in [0.05, 0.1) is 6.10 Å². The van der Waals surface area contributed by atoms with Crippen LogP contribution in [0, 0.1) is 12.3 Å². The number of unbranched alkanes of at least 4 members (excludes halogenated alkanes) is 4. The quantitative estimate of drug-likeness (QED) is 0.466. The zero-order valence-corrected chi connectivity index (χ0v) is 10.4. The average molecular weight is 228 g/mol. The van der Waals surface area contributed by atoms with Gasteiger partial charge in [0, 0.05) is 7.11 Å². The molecule has 2 N–H and O–H groups in total. The van der Waals surface area contributed by atoms with E-state index in [1.807, 2.05) is 0 Å². The first-order chi connectivity index (χ1) is 7.67. The van der Waals surface area contributed by atoms with Gasteiger partial charge in [-0.1, -0.05) is 44.9 Å². The van der Waals surface area contributed by atoms with E-state index >= 15 is 0 Å². The summed E-state index contributed by atoms with van der Waals surface area (Å²) in [4.78, 5) is 0. The van der Waals surface area contributed by atoms with Crippen molar-refractivity contribution in [1.82, 2.24) is 0 Å². The van der Waals surface area contributed by atoms with Gasteiger partial charge < -0.3 is 14.9 Å². The Hall–Kier alpha value is -0.560. The van der Waals surface area contributed by atoms with Crippen molar-refractivity contribution in [2.24, 2.45) is 0 Å². The summed E-state index contributed by atoms with van der Waals surface area (Å²) in [5.41, 5.74) is 0. The summed E-state index contributed by atoms with van der Waals surface area (Å²) in [6, 6.07) is 0. The zero-order chi connectivity index (χ0) is 12.4. The van der Waals surface area contributed by atoms with E-state index in [-0.39, 0.29) is 6.10 Å². The monoisotopic (exact) mass is 228 g/mol. The molecule has 0 heterocycles. The first-order valence-corrected chi connectivity index (χ1v) is 6.02. The molecule has 0 aliphatic rings. The summed E-state index contributed by atoms with van der Waals surface area (Å²) >= 11 is 0. The minimum Gasteiger partial charge on any atom is -0.387 e. The molecule has 94 valence electrons. The highest BCUT2D eigenvalue weighted by Crippen LogP contribution is 2.13. The number of ether oxygens (including phenoxy) is 1. The lowest BCUT2D eigenvalue weighted by molar-refractivity contribution is -0.0611. The molecule has 0 rings (SSSR count). The Morgan fingerprint density at radius 2 is 1.81 bits per heavy atom. The zero-order valence-electron chi connectivity index (χ0n) is 10.4. The van der Waals surface area contributed by atoms with Crippen molar-refractivity contribution in [2.45, 2.75) is 63.8 Å². The Bertz CT molecular complexity index is 198. The molecule has 0 spiro atoms. The van der Waals surface area contributed by atoms with Crippen LogP contribution in [0.1, 0.15) is 45.4 Å². The van der Waals surface area contributed by atoms with Crippen molar-refractivity contribution in [2.75, 3.05) is 7.11 Å². The van der Waals surface area contributed by atoms with Gasteiger partial charge in [0.2, 0.25) is 0 Å². The predicted molar refractivity (Wildman–Crippen MR) is 65.0 cm³/mol. The predicted octanol–water partition coefficient (Wildman–Crippen LogP) is 1.72. The topological polar surface area (TPSA) is 49.7 Å². The maximum Gasteiger partial charge on any atom is 0.142 e. The van der Waals surface area contributed by atoms with Crippen LogP contribution in [0.15, 0.2) is 0 Å². The van der Waals surface area contributed by atoms with Gasteiger partial charge in [0.25, 0.3) is 0 Å². The summed E-state index contributed by atoms with van der Waals surface area (Å²) in [5.74, 6) is 2.12. The van der Waals surface area contributed by atoms with E-state index in [2.05, 4.69) is 12.8 Å². The molecule has 0 aliphatic carbocycles. The van der Waals surface area contributed by atoms with E-state index in [4.69, 9.17) is 11.2 Å². The molecule has 3 atom stereocenters. The van der Waals surface area contributed by atoms with Gasteiger partial charge in [0.1, 0.15) is 12.2 Å². The fraction of sp³-hybridized carbons (Fsp3) is 0.846. The van der Waals surface area contributed by atoms with Crippen molar-refractivity contribution in [3.05, 3.63) is 0 Å². The maximum absolute atomic E-state index is 9.66. The van der Waals surface area contributed by atoms with Crippen molar-refractivity contribution >= 4 is 0 Å². The standard InChI is InChI=1S/C13H24O3/c1-4-6-7-8-9-10-12(16-3)13(15)11(14)5-2/h2,11-15H,4,6-10H2,1,3H3/t11-,12-,13-/m0/s1. The first-order valence-electron chi connectivity index (χ1n) is 6.02. The molecule has 0 fully saturated rings. The lowest BCUT2D eigenvalue weighted by atomic mass is 10.0. The second kappa shape index (κ2) is 9.65. The number of hydrogen-bond donors (Lipinski definition) is 2.